The largest absolute Gasteiger partial charge is 0.461 e. The highest BCUT2D eigenvalue weighted by Gasteiger charge is 2.34. The second kappa shape index (κ2) is 16.4. The number of carbonyl (C=O) groups is 2. The lowest BCUT2D eigenvalue weighted by atomic mass is 10.4. The van der Waals surface area contributed by atoms with Crippen LogP contribution in [0.25, 0.3) is 0 Å². The molecular weight excluding hydrogens is 545 g/mol. The van der Waals surface area contributed by atoms with E-state index in [0.29, 0.717) is 54.5 Å². The molecule has 0 aromatic carbocycles. The van der Waals surface area contributed by atoms with Crippen molar-refractivity contribution in [2.24, 2.45) is 0 Å². The van der Waals surface area contributed by atoms with Crippen LogP contribution < -0.4 is 0 Å². The van der Waals surface area contributed by atoms with Crippen LogP contribution in [0.2, 0.25) is 0 Å². The zero-order chi connectivity index (χ0) is 25.1. The topological polar surface area (TPSA) is 52.6 Å². The lowest BCUT2D eigenvalue weighted by Gasteiger charge is -2.23. The van der Waals surface area contributed by atoms with E-state index >= 15 is 0 Å². The maximum atomic E-state index is 11.7. The average molecular weight is 583 g/mol. The van der Waals surface area contributed by atoms with Gasteiger partial charge in [-0.2, -0.15) is 23.5 Å². The molecule has 2 saturated heterocycles. The molecule has 194 valence electrons. The molecule has 0 saturated carbocycles. The SMILES string of the molecule is C=C(C)C(=O)OCC1CSC(C(CC)SCCSC(CC)C2SCC(COC(=O)C(=C)C)S2)S1. The molecule has 0 amide bonds. The summed E-state index contributed by atoms with van der Waals surface area (Å²) in [5.41, 5.74) is 0.932. The van der Waals surface area contributed by atoms with Crippen LogP contribution in [-0.4, -0.2) is 78.3 Å². The number of hydrogen-bond donors (Lipinski definition) is 0. The second-order valence-corrected chi connectivity index (χ2v) is 16.8. The van der Waals surface area contributed by atoms with Gasteiger partial charge in [-0.1, -0.05) is 27.0 Å². The van der Waals surface area contributed by atoms with E-state index in [1.54, 1.807) is 13.8 Å². The van der Waals surface area contributed by atoms with E-state index < -0.39 is 0 Å². The summed E-state index contributed by atoms with van der Waals surface area (Å²) in [5, 5.41) is 2.01. The van der Waals surface area contributed by atoms with Gasteiger partial charge in [0.25, 0.3) is 0 Å². The van der Waals surface area contributed by atoms with Crippen LogP contribution in [-0.2, 0) is 19.1 Å². The van der Waals surface area contributed by atoms with Gasteiger partial charge >= 0.3 is 11.9 Å². The van der Waals surface area contributed by atoms with Gasteiger partial charge in [0.15, 0.2) is 0 Å². The summed E-state index contributed by atoms with van der Waals surface area (Å²) in [6, 6.07) is 0. The van der Waals surface area contributed by atoms with Gasteiger partial charge in [-0.15, -0.1) is 47.0 Å². The van der Waals surface area contributed by atoms with Crippen molar-refractivity contribution in [3.8, 4) is 0 Å². The highest BCUT2D eigenvalue weighted by Crippen LogP contribution is 2.46. The second-order valence-electron chi connectivity index (χ2n) is 8.31. The molecule has 0 aromatic rings. The van der Waals surface area contributed by atoms with Crippen LogP contribution in [0.3, 0.4) is 0 Å². The van der Waals surface area contributed by atoms with Crippen molar-refractivity contribution >= 4 is 82.5 Å². The fourth-order valence-corrected chi connectivity index (χ4v) is 14.0. The standard InChI is InChI=1S/C24H38O4S6/c1-7-19(23-31-13-17(33-23)11-27-21(25)15(3)4)29-9-10-30-20(8-2)24-32-14-18(34-24)12-28-22(26)16(5)6/h17-20,23-24H,3,5,7-14H2,1-2,4,6H3. The Hall–Kier alpha value is 0.520. The lowest BCUT2D eigenvalue weighted by Crippen LogP contribution is -2.19. The molecule has 0 aromatic heterocycles. The summed E-state index contributed by atoms with van der Waals surface area (Å²) in [6.45, 7) is 16.2. The van der Waals surface area contributed by atoms with E-state index in [0.717, 1.165) is 35.9 Å². The summed E-state index contributed by atoms with van der Waals surface area (Å²) < 4.78 is 11.9. The monoisotopic (exact) mass is 582 g/mol. The van der Waals surface area contributed by atoms with Crippen LogP contribution in [0.15, 0.2) is 24.3 Å². The number of ether oxygens (including phenoxy) is 2. The molecule has 6 unspecified atom stereocenters. The number of hydrogen-bond acceptors (Lipinski definition) is 10. The molecule has 2 aliphatic rings. The molecule has 0 N–H and O–H groups in total. The Morgan fingerprint density at radius 3 is 1.53 bits per heavy atom. The van der Waals surface area contributed by atoms with Gasteiger partial charge in [0.1, 0.15) is 13.2 Å². The summed E-state index contributed by atoms with van der Waals surface area (Å²) in [4.78, 5) is 23.3. The van der Waals surface area contributed by atoms with E-state index in [1.807, 2.05) is 47.0 Å². The molecule has 0 radical (unpaired) electrons. The first kappa shape index (κ1) is 30.7. The number of rotatable bonds is 15. The average Bonchev–Trinajstić information content (AvgIpc) is 3.48. The molecular formula is C24H38O4S6. The van der Waals surface area contributed by atoms with Crippen molar-refractivity contribution in [3.63, 3.8) is 0 Å². The minimum absolute atomic E-state index is 0.282. The van der Waals surface area contributed by atoms with Crippen LogP contribution in [0.4, 0.5) is 0 Å². The molecule has 4 nitrogen and oxygen atoms in total. The number of carbonyl (C=O) groups excluding carboxylic acids is 2. The molecule has 0 bridgehead atoms. The van der Waals surface area contributed by atoms with Gasteiger partial charge in [0.2, 0.25) is 0 Å². The van der Waals surface area contributed by atoms with E-state index in [9.17, 15) is 9.59 Å². The van der Waals surface area contributed by atoms with Gasteiger partial charge in [-0.3, -0.25) is 0 Å². The molecule has 0 aliphatic carbocycles. The highest BCUT2D eigenvalue weighted by atomic mass is 32.2. The third-order valence-corrected chi connectivity index (χ3v) is 16.1. The smallest absolute Gasteiger partial charge is 0.333 e. The molecule has 2 heterocycles. The fraction of sp³-hybridized carbons (Fsp3) is 0.750. The Bertz CT molecular complexity index is 645. The molecule has 34 heavy (non-hydrogen) atoms. The maximum Gasteiger partial charge on any atom is 0.333 e. The van der Waals surface area contributed by atoms with E-state index in [4.69, 9.17) is 9.47 Å². The van der Waals surface area contributed by atoms with Crippen LogP contribution >= 0.6 is 70.6 Å². The zero-order valence-electron chi connectivity index (χ0n) is 20.6. The van der Waals surface area contributed by atoms with E-state index in [1.165, 1.54) is 0 Å². The van der Waals surface area contributed by atoms with E-state index in [2.05, 4.69) is 50.5 Å². The Kier molecular flexibility index (Phi) is 14.8. The Balaban J connectivity index is 1.66. The minimum Gasteiger partial charge on any atom is -0.461 e. The van der Waals surface area contributed by atoms with Crippen molar-refractivity contribution in [2.75, 3.05) is 36.2 Å². The van der Waals surface area contributed by atoms with Crippen molar-refractivity contribution in [1.82, 2.24) is 0 Å². The van der Waals surface area contributed by atoms with Crippen molar-refractivity contribution in [2.45, 2.75) is 70.7 Å². The predicted octanol–water partition coefficient (Wildman–Crippen LogP) is 6.60. The van der Waals surface area contributed by atoms with Gasteiger partial charge in [0.05, 0.1) is 9.16 Å². The summed E-state index contributed by atoms with van der Waals surface area (Å²) in [7, 11) is 0. The first-order valence-electron chi connectivity index (χ1n) is 11.7. The lowest BCUT2D eigenvalue weighted by molar-refractivity contribution is -0.139. The quantitative estimate of drug-likeness (QED) is 0.120. The molecule has 2 fully saturated rings. The summed E-state index contributed by atoms with van der Waals surface area (Å²) in [5.74, 6) is 3.84. The Labute approximate surface area is 231 Å². The molecule has 2 rings (SSSR count). The van der Waals surface area contributed by atoms with Crippen LogP contribution in [0.5, 0.6) is 0 Å². The minimum atomic E-state index is -0.282. The molecule has 6 atom stereocenters. The molecule has 10 heteroatoms. The third kappa shape index (κ3) is 10.5. The van der Waals surface area contributed by atoms with Crippen molar-refractivity contribution in [3.05, 3.63) is 24.3 Å². The first-order chi connectivity index (χ1) is 16.2. The number of esters is 2. The molecule has 0 spiro atoms. The Morgan fingerprint density at radius 1 is 0.824 bits per heavy atom. The summed E-state index contributed by atoms with van der Waals surface area (Å²) >= 11 is 12.2. The van der Waals surface area contributed by atoms with Crippen LogP contribution in [0, 0.1) is 0 Å². The van der Waals surface area contributed by atoms with Gasteiger partial charge in [-0.05, 0) is 26.7 Å². The summed E-state index contributed by atoms with van der Waals surface area (Å²) in [6.07, 6.45) is 2.32. The van der Waals surface area contributed by atoms with Crippen molar-refractivity contribution in [1.29, 1.82) is 0 Å². The van der Waals surface area contributed by atoms with Gasteiger partial charge in [0, 0.05) is 55.2 Å². The third-order valence-electron chi connectivity index (χ3n) is 5.20. The fourth-order valence-electron chi connectivity index (χ4n) is 3.27. The van der Waals surface area contributed by atoms with Crippen molar-refractivity contribution < 1.29 is 19.1 Å². The first-order valence-corrected chi connectivity index (χ1v) is 17.8. The van der Waals surface area contributed by atoms with E-state index in [-0.39, 0.29) is 11.9 Å². The Morgan fingerprint density at radius 2 is 1.21 bits per heavy atom. The molecule has 2 aliphatic heterocycles. The maximum absolute atomic E-state index is 11.7. The predicted molar refractivity (Wildman–Crippen MR) is 160 cm³/mol. The zero-order valence-corrected chi connectivity index (χ0v) is 25.5. The van der Waals surface area contributed by atoms with Gasteiger partial charge < -0.3 is 9.47 Å². The van der Waals surface area contributed by atoms with Gasteiger partial charge in [-0.25, -0.2) is 9.59 Å². The normalized spacial score (nSPS) is 26.1. The van der Waals surface area contributed by atoms with Crippen LogP contribution in [0.1, 0.15) is 40.5 Å². The highest BCUT2D eigenvalue weighted by molar-refractivity contribution is 8.22. The number of thioether (sulfide) groups is 6.